The predicted molar refractivity (Wildman–Crippen MR) is 29.9 cm³/mol. The second kappa shape index (κ2) is 3.42. The number of carboxylic acids is 1. The van der Waals surface area contributed by atoms with E-state index in [2.05, 4.69) is 0 Å². The van der Waals surface area contributed by atoms with Crippen molar-refractivity contribution in [3.05, 3.63) is 0 Å². The Kier molecular flexibility index (Phi) is 3.19. The van der Waals surface area contributed by atoms with Crippen LogP contribution in [0.1, 0.15) is 13.3 Å². The van der Waals surface area contributed by atoms with Crippen molar-refractivity contribution in [2.75, 3.05) is 0 Å². The summed E-state index contributed by atoms with van der Waals surface area (Å²) in [5.74, 6) is -1.11. The Morgan fingerprint density at radius 3 is 2.11 bits per heavy atom. The zero-order valence-electron chi connectivity index (χ0n) is 5.11. The van der Waals surface area contributed by atoms with Crippen molar-refractivity contribution in [1.29, 1.82) is 0 Å². The summed E-state index contributed by atoms with van der Waals surface area (Å²) in [6.07, 6.45) is -2.53. The van der Waals surface area contributed by atoms with E-state index in [0.717, 1.165) is 0 Å². The van der Waals surface area contributed by atoms with Gasteiger partial charge in [-0.1, -0.05) is 0 Å². The number of hydrogen-bond acceptors (Lipinski definition) is 3. The zero-order valence-corrected chi connectivity index (χ0v) is 5.11. The Bertz CT molecular complexity index is 99.1. The summed E-state index contributed by atoms with van der Waals surface area (Å²) in [4.78, 5) is 9.84. The van der Waals surface area contributed by atoms with Gasteiger partial charge < -0.3 is 15.3 Å². The molecule has 0 aliphatic rings. The van der Waals surface area contributed by atoms with E-state index in [1.807, 2.05) is 0 Å². The molecular formula is C5H10O4. The second-order valence-electron chi connectivity index (χ2n) is 1.91. The monoisotopic (exact) mass is 134 g/mol. The second-order valence-corrected chi connectivity index (χ2v) is 1.91. The van der Waals surface area contributed by atoms with Crippen LogP contribution in [0.4, 0.5) is 0 Å². The average molecular weight is 134 g/mol. The highest BCUT2D eigenvalue weighted by Gasteiger charge is 2.13. The SMILES string of the molecule is C[C@H](O)[C@@H](O)CC(=O)O. The summed E-state index contributed by atoms with van der Waals surface area (Å²) >= 11 is 0. The maximum Gasteiger partial charge on any atom is 0.306 e. The van der Waals surface area contributed by atoms with E-state index in [4.69, 9.17) is 15.3 Å². The Morgan fingerprint density at radius 1 is 1.56 bits per heavy atom. The maximum absolute atomic E-state index is 9.84. The first kappa shape index (κ1) is 8.39. The molecule has 2 atom stereocenters. The summed E-state index contributed by atoms with van der Waals surface area (Å²) < 4.78 is 0. The van der Waals surface area contributed by atoms with Crippen LogP contribution in [0.5, 0.6) is 0 Å². The van der Waals surface area contributed by atoms with Gasteiger partial charge in [0.25, 0.3) is 0 Å². The fraction of sp³-hybridized carbons (Fsp3) is 0.800. The molecule has 0 bridgehead atoms. The van der Waals surface area contributed by atoms with Crippen molar-refractivity contribution in [1.82, 2.24) is 0 Å². The van der Waals surface area contributed by atoms with Gasteiger partial charge >= 0.3 is 5.97 Å². The highest BCUT2D eigenvalue weighted by Crippen LogP contribution is 1.96. The van der Waals surface area contributed by atoms with Crippen LogP contribution in [-0.4, -0.2) is 33.5 Å². The summed E-state index contributed by atoms with van der Waals surface area (Å²) in [6, 6.07) is 0. The first-order valence-electron chi connectivity index (χ1n) is 2.62. The molecule has 0 fully saturated rings. The van der Waals surface area contributed by atoms with E-state index in [0.29, 0.717) is 0 Å². The minimum absolute atomic E-state index is 0.405. The number of aliphatic carboxylic acids is 1. The Balaban J connectivity index is 3.50. The van der Waals surface area contributed by atoms with Crippen LogP contribution >= 0.6 is 0 Å². The Labute approximate surface area is 52.7 Å². The number of aliphatic hydroxyl groups is 2. The molecule has 0 saturated carbocycles. The third-order valence-corrected chi connectivity index (χ3v) is 0.941. The molecule has 0 aliphatic carbocycles. The standard InChI is InChI=1S/C5H10O4/c1-3(6)4(7)2-5(8)9/h3-4,6-7H,2H2,1H3,(H,8,9)/t3-,4-/m0/s1. The fourth-order valence-electron chi connectivity index (χ4n) is 0.349. The molecule has 0 aromatic carbocycles. The quantitative estimate of drug-likeness (QED) is 0.472. The minimum atomic E-state index is -1.15. The van der Waals surface area contributed by atoms with Crippen LogP contribution in [0.3, 0.4) is 0 Å². The molecule has 3 N–H and O–H groups in total. The lowest BCUT2D eigenvalue weighted by atomic mass is 10.2. The molecular weight excluding hydrogens is 124 g/mol. The van der Waals surface area contributed by atoms with Gasteiger partial charge in [0.05, 0.1) is 18.6 Å². The summed E-state index contributed by atoms with van der Waals surface area (Å²) in [6.45, 7) is 1.34. The van der Waals surface area contributed by atoms with E-state index in [-0.39, 0.29) is 0 Å². The van der Waals surface area contributed by atoms with Crippen LogP contribution in [0, 0.1) is 0 Å². The number of hydrogen-bond donors (Lipinski definition) is 3. The Hall–Kier alpha value is -0.610. The molecule has 0 aliphatic heterocycles. The molecule has 0 saturated heterocycles. The van der Waals surface area contributed by atoms with Gasteiger partial charge in [0.2, 0.25) is 0 Å². The smallest absolute Gasteiger partial charge is 0.306 e. The van der Waals surface area contributed by atoms with Crippen LogP contribution in [0.2, 0.25) is 0 Å². The van der Waals surface area contributed by atoms with Gasteiger partial charge in [0.1, 0.15) is 0 Å². The average Bonchev–Trinajstić information content (AvgIpc) is 1.63. The number of carboxylic acid groups (broad SMARTS) is 1. The highest BCUT2D eigenvalue weighted by atomic mass is 16.4. The topological polar surface area (TPSA) is 77.8 Å². The Morgan fingerprint density at radius 2 is 2.00 bits per heavy atom. The number of carbonyl (C=O) groups is 1. The molecule has 4 heteroatoms. The molecule has 0 aromatic rings. The van der Waals surface area contributed by atoms with Crippen LogP contribution < -0.4 is 0 Å². The van der Waals surface area contributed by atoms with Crippen molar-refractivity contribution < 1.29 is 20.1 Å². The highest BCUT2D eigenvalue weighted by molar-refractivity contribution is 5.67. The first-order valence-corrected chi connectivity index (χ1v) is 2.62. The van der Waals surface area contributed by atoms with E-state index >= 15 is 0 Å². The molecule has 0 aromatic heterocycles. The van der Waals surface area contributed by atoms with Gasteiger partial charge in [-0.05, 0) is 6.92 Å². The molecule has 9 heavy (non-hydrogen) atoms. The first-order chi connectivity index (χ1) is 4.04. The van der Waals surface area contributed by atoms with Crippen molar-refractivity contribution in [2.24, 2.45) is 0 Å². The molecule has 0 unspecified atom stereocenters. The molecule has 0 amide bonds. The van der Waals surface area contributed by atoms with E-state index in [1.54, 1.807) is 0 Å². The van der Waals surface area contributed by atoms with Crippen molar-refractivity contribution >= 4 is 5.97 Å². The molecule has 0 radical (unpaired) electrons. The molecule has 0 rings (SSSR count). The van der Waals surface area contributed by atoms with Gasteiger partial charge in [-0.15, -0.1) is 0 Å². The molecule has 4 nitrogen and oxygen atoms in total. The lowest BCUT2D eigenvalue weighted by Gasteiger charge is -2.09. The third kappa shape index (κ3) is 3.93. The number of rotatable bonds is 3. The molecule has 0 heterocycles. The van der Waals surface area contributed by atoms with Crippen molar-refractivity contribution in [3.63, 3.8) is 0 Å². The van der Waals surface area contributed by atoms with Crippen LogP contribution in [-0.2, 0) is 4.79 Å². The lowest BCUT2D eigenvalue weighted by molar-refractivity contribution is -0.140. The maximum atomic E-state index is 9.84. The predicted octanol–water partition coefficient (Wildman–Crippen LogP) is -0.797. The molecule has 0 spiro atoms. The van der Waals surface area contributed by atoms with Gasteiger partial charge in [0, 0.05) is 0 Å². The van der Waals surface area contributed by atoms with Crippen LogP contribution in [0.25, 0.3) is 0 Å². The van der Waals surface area contributed by atoms with E-state index < -0.39 is 24.6 Å². The normalized spacial score (nSPS) is 16.8. The minimum Gasteiger partial charge on any atom is -0.481 e. The van der Waals surface area contributed by atoms with Gasteiger partial charge in [-0.3, -0.25) is 4.79 Å². The van der Waals surface area contributed by atoms with E-state index in [9.17, 15) is 4.79 Å². The molecule has 54 valence electrons. The van der Waals surface area contributed by atoms with Gasteiger partial charge in [-0.25, -0.2) is 0 Å². The largest absolute Gasteiger partial charge is 0.481 e. The van der Waals surface area contributed by atoms with Gasteiger partial charge in [-0.2, -0.15) is 0 Å². The summed E-state index contributed by atoms with van der Waals surface area (Å²) in [7, 11) is 0. The summed E-state index contributed by atoms with van der Waals surface area (Å²) in [5.41, 5.74) is 0. The van der Waals surface area contributed by atoms with E-state index in [1.165, 1.54) is 6.92 Å². The van der Waals surface area contributed by atoms with Crippen LogP contribution in [0.15, 0.2) is 0 Å². The lowest BCUT2D eigenvalue weighted by Crippen LogP contribution is -2.25. The summed E-state index contributed by atoms with van der Waals surface area (Å²) in [5, 5.41) is 25.3. The van der Waals surface area contributed by atoms with Gasteiger partial charge in [0.15, 0.2) is 0 Å². The van der Waals surface area contributed by atoms with Crippen molar-refractivity contribution in [3.8, 4) is 0 Å². The van der Waals surface area contributed by atoms with Crippen molar-refractivity contribution in [2.45, 2.75) is 25.6 Å². The third-order valence-electron chi connectivity index (χ3n) is 0.941. The number of aliphatic hydroxyl groups excluding tert-OH is 2. The zero-order chi connectivity index (χ0) is 7.44. The fourth-order valence-corrected chi connectivity index (χ4v) is 0.349.